The first-order valence-corrected chi connectivity index (χ1v) is 17.1. The smallest absolute Gasteiger partial charge is 0.419 e. The highest BCUT2D eigenvalue weighted by molar-refractivity contribution is 5.71. The van der Waals surface area contributed by atoms with E-state index in [1.165, 1.54) is 48.7 Å². The number of hydrogen-bond acceptors (Lipinski definition) is 5. The topological polar surface area (TPSA) is 70.4 Å². The summed E-state index contributed by atoms with van der Waals surface area (Å²) in [6.45, 7) is 23.4. The van der Waals surface area contributed by atoms with Crippen molar-refractivity contribution in [3.8, 4) is 0 Å². The summed E-state index contributed by atoms with van der Waals surface area (Å²) in [6.07, 6.45) is 14.7. The molecule has 10 atom stereocenters. The number of aromatic nitrogens is 2. The molecule has 1 heterocycles. The fourth-order valence-electron chi connectivity index (χ4n) is 12.7. The van der Waals surface area contributed by atoms with Gasteiger partial charge in [-0.05, 0) is 124 Å². The Morgan fingerprint density at radius 1 is 0.930 bits per heavy atom. The van der Waals surface area contributed by atoms with Crippen LogP contribution in [0.4, 0.5) is 4.79 Å². The third-order valence-electron chi connectivity index (χ3n) is 15.0. The predicted molar refractivity (Wildman–Crippen MR) is 168 cm³/mol. The van der Waals surface area contributed by atoms with Gasteiger partial charge in [0.1, 0.15) is 11.9 Å². The summed E-state index contributed by atoms with van der Waals surface area (Å²) in [5.41, 5.74) is 2.04. The lowest BCUT2D eigenvalue weighted by Gasteiger charge is -2.73. The van der Waals surface area contributed by atoms with Crippen LogP contribution in [0.3, 0.4) is 0 Å². The maximum absolute atomic E-state index is 13.1. The molecule has 0 spiro atoms. The van der Waals surface area contributed by atoms with Gasteiger partial charge in [0, 0.05) is 30.1 Å². The van der Waals surface area contributed by atoms with Gasteiger partial charge in [0.2, 0.25) is 0 Å². The van der Waals surface area contributed by atoms with Crippen molar-refractivity contribution < 1.29 is 19.1 Å². The number of aryl methyl sites for hydroxylation is 1. The van der Waals surface area contributed by atoms with Crippen molar-refractivity contribution in [3.05, 3.63) is 30.4 Å². The summed E-state index contributed by atoms with van der Waals surface area (Å²) in [5, 5.41) is 0. The maximum Gasteiger partial charge on any atom is 0.419 e. The maximum atomic E-state index is 13.1. The number of ether oxygens (including phenoxy) is 2. The number of carbonyl (C=O) groups excluding carboxylic acids is 2. The number of fused-ring (bicyclic) bond motifs is 7. The van der Waals surface area contributed by atoms with Gasteiger partial charge in [-0.3, -0.25) is 4.79 Å². The monoisotopic (exact) mass is 592 g/mol. The van der Waals surface area contributed by atoms with Crippen molar-refractivity contribution in [1.29, 1.82) is 0 Å². The molecular weight excluding hydrogens is 536 g/mol. The molecule has 6 heteroatoms. The van der Waals surface area contributed by atoms with E-state index in [1.807, 2.05) is 6.92 Å². The Bertz CT molecular complexity index is 1300. The van der Waals surface area contributed by atoms with E-state index < -0.39 is 0 Å². The normalized spacial score (nSPS) is 44.7. The lowest BCUT2D eigenvalue weighted by Crippen LogP contribution is -2.67. The average Bonchev–Trinajstić information content (AvgIpc) is 3.54. The predicted octanol–water partition coefficient (Wildman–Crippen LogP) is 8.77. The van der Waals surface area contributed by atoms with E-state index in [0.29, 0.717) is 42.0 Å². The molecule has 5 aliphatic carbocycles. The lowest BCUT2D eigenvalue weighted by atomic mass is 9.32. The third-order valence-corrected chi connectivity index (χ3v) is 15.0. The number of imidazole rings is 1. The second-order valence-corrected chi connectivity index (χ2v) is 16.9. The molecule has 0 N–H and O–H groups in total. The Morgan fingerprint density at radius 2 is 1.67 bits per heavy atom. The van der Waals surface area contributed by atoms with Crippen molar-refractivity contribution in [3.63, 3.8) is 0 Å². The molecule has 1 aromatic heterocycles. The number of rotatable bonds is 4. The summed E-state index contributed by atoms with van der Waals surface area (Å²) < 4.78 is 13.6. The fraction of sp³-hybridized carbons (Fsp3) is 0.811. The van der Waals surface area contributed by atoms with Gasteiger partial charge >= 0.3 is 12.1 Å². The Balaban J connectivity index is 1.29. The van der Waals surface area contributed by atoms with Crippen molar-refractivity contribution in [1.82, 2.24) is 9.55 Å². The first-order valence-electron chi connectivity index (χ1n) is 17.1. The number of esters is 1. The average molecular weight is 593 g/mol. The lowest BCUT2D eigenvalue weighted by molar-refractivity contribution is -0.249. The molecule has 6 rings (SSSR count). The molecule has 1 aromatic rings. The van der Waals surface area contributed by atoms with Crippen molar-refractivity contribution in [2.45, 2.75) is 126 Å². The zero-order valence-electron chi connectivity index (χ0n) is 28.1. The van der Waals surface area contributed by atoms with Gasteiger partial charge < -0.3 is 9.47 Å². The summed E-state index contributed by atoms with van der Waals surface area (Å²) in [6, 6.07) is 0. The second kappa shape index (κ2) is 10.2. The van der Waals surface area contributed by atoms with Gasteiger partial charge in [0.15, 0.2) is 0 Å². The summed E-state index contributed by atoms with van der Waals surface area (Å²) >= 11 is 0. The Labute approximate surface area is 259 Å². The molecule has 0 saturated heterocycles. The minimum absolute atomic E-state index is 0.0949. The summed E-state index contributed by atoms with van der Waals surface area (Å²) in [7, 11) is 0. The van der Waals surface area contributed by atoms with Crippen LogP contribution < -0.4 is 0 Å². The SMILES string of the molecule is C=C(C)[C@@H]1CC[C@]2(COC(C)=O)CC[C@]3(C)C(CCC4[C@@]5(C)CC[C@H](OC(=O)n6ccnc6C)C(C)(C)C5CC[C@]43C)C12. The van der Waals surface area contributed by atoms with E-state index >= 15 is 0 Å². The first-order chi connectivity index (χ1) is 20.1. The van der Waals surface area contributed by atoms with Crippen LogP contribution in [0.5, 0.6) is 0 Å². The molecular formula is C37H56N2O4. The van der Waals surface area contributed by atoms with Gasteiger partial charge in [-0.1, -0.05) is 46.8 Å². The van der Waals surface area contributed by atoms with Gasteiger partial charge in [-0.2, -0.15) is 0 Å². The Kier molecular flexibility index (Phi) is 7.33. The quantitative estimate of drug-likeness (QED) is 0.258. The van der Waals surface area contributed by atoms with Gasteiger partial charge in [-0.15, -0.1) is 0 Å². The van der Waals surface area contributed by atoms with E-state index in [0.717, 1.165) is 25.7 Å². The zero-order valence-corrected chi connectivity index (χ0v) is 28.1. The Morgan fingerprint density at radius 3 is 2.33 bits per heavy atom. The standard InChI is InChI=1S/C37H56N2O4/c1-23(2)26-12-17-37(22-42-25(4)40)19-18-35(8)27(31(26)37)10-11-29-34(7)15-14-30(43-32(41)39-21-20-38-24(39)3)33(5,6)28(34)13-16-36(29,35)9/h20-21,26-31H,1,10-19,22H2,2-9H3/t26-,27?,28?,29?,30-,31?,34-,35+,36+,37+/m0/s1. The van der Waals surface area contributed by atoms with Crippen LogP contribution in [-0.4, -0.2) is 34.3 Å². The zero-order chi connectivity index (χ0) is 31.2. The minimum atomic E-state index is -0.298. The highest BCUT2D eigenvalue weighted by Crippen LogP contribution is 2.77. The number of nitrogens with zero attached hydrogens (tertiary/aromatic N) is 2. The van der Waals surface area contributed by atoms with Crippen LogP contribution in [0.2, 0.25) is 0 Å². The molecule has 0 amide bonds. The van der Waals surface area contributed by atoms with Crippen LogP contribution in [0.1, 0.15) is 118 Å². The van der Waals surface area contributed by atoms with Crippen molar-refractivity contribution in [2.75, 3.05) is 6.61 Å². The highest BCUT2D eigenvalue weighted by Gasteiger charge is 2.71. The van der Waals surface area contributed by atoms with E-state index in [9.17, 15) is 9.59 Å². The molecule has 238 valence electrons. The van der Waals surface area contributed by atoms with Crippen LogP contribution in [0.25, 0.3) is 0 Å². The van der Waals surface area contributed by atoms with Crippen molar-refractivity contribution in [2.24, 2.45) is 56.7 Å². The minimum Gasteiger partial charge on any atom is -0.465 e. The van der Waals surface area contributed by atoms with Crippen LogP contribution in [-0.2, 0) is 14.3 Å². The second-order valence-electron chi connectivity index (χ2n) is 16.9. The molecule has 5 saturated carbocycles. The van der Waals surface area contributed by atoms with Crippen LogP contribution in [0, 0.1) is 63.6 Å². The third kappa shape index (κ3) is 4.34. The van der Waals surface area contributed by atoms with E-state index in [2.05, 4.69) is 53.1 Å². The Hall–Kier alpha value is -2.11. The number of carbonyl (C=O) groups is 2. The van der Waals surface area contributed by atoms with E-state index in [-0.39, 0.29) is 45.2 Å². The van der Waals surface area contributed by atoms with Crippen molar-refractivity contribution >= 4 is 12.1 Å². The number of allylic oxidation sites excluding steroid dienone is 1. The molecule has 6 nitrogen and oxygen atoms in total. The molecule has 5 fully saturated rings. The van der Waals surface area contributed by atoms with E-state index in [1.54, 1.807) is 19.3 Å². The molecule has 5 aliphatic rings. The first kappa shape index (κ1) is 30.9. The molecule has 4 unspecified atom stereocenters. The molecule has 0 radical (unpaired) electrons. The molecule has 0 aromatic carbocycles. The largest absolute Gasteiger partial charge is 0.465 e. The summed E-state index contributed by atoms with van der Waals surface area (Å²) in [4.78, 5) is 29.3. The molecule has 0 bridgehead atoms. The van der Waals surface area contributed by atoms with E-state index in [4.69, 9.17) is 9.47 Å². The molecule has 0 aliphatic heterocycles. The van der Waals surface area contributed by atoms with Crippen LogP contribution >= 0.6 is 0 Å². The molecule has 43 heavy (non-hydrogen) atoms. The highest BCUT2D eigenvalue weighted by atomic mass is 16.6. The van der Waals surface area contributed by atoms with Gasteiger partial charge in [-0.25, -0.2) is 14.3 Å². The van der Waals surface area contributed by atoms with Gasteiger partial charge in [0.25, 0.3) is 0 Å². The van der Waals surface area contributed by atoms with Crippen LogP contribution in [0.15, 0.2) is 24.5 Å². The number of hydrogen-bond donors (Lipinski definition) is 0. The summed E-state index contributed by atoms with van der Waals surface area (Å²) in [5.74, 6) is 3.38. The fourth-order valence-corrected chi connectivity index (χ4v) is 12.7. The van der Waals surface area contributed by atoms with Gasteiger partial charge in [0.05, 0.1) is 6.61 Å².